The fourth-order valence-corrected chi connectivity index (χ4v) is 3.44. The van der Waals surface area contributed by atoms with E-state index in [1.165, 1.54) is 58.0 Å². The summed E-state index contributed by atoms with van der Waals surface area (Å²) in [5.74, 6) is 1.66. The molecule has 0 aromatic heterocycles. The van der Waals surface area contributed by atoms with E-state index in [4.69, 9.17) is 8.91 Å². The van der Waals surface area contributed by atoms with Crippen LogP contribution in [0.3, 0.4) is 0 Å². The van der Waals surface area contributed by atoms with Gasteiger partial charge in [0.05, 0.1) is 6.61 Å². The molecule has 1 heterocycles. The van der Waals surface area contributed by atoms with Gasteiger partial charge in [0.25, 0.3) is 0 Å². The Hall–Kier alpha value is -0.0800. The Balaban J connectivity index is 0. The van der Waals surface area contributed by atoms with E-state index in [-0.39, 0.29) is 0 Å². The minimum atomic E-state index is 0.374. The first-order valence-corrected chi connectivity index (χ1v) is 7.16. The van der Waals surface area contributed by atoms with Gasteiger partial charge in [0, 0.05) is 15.0 Å². The topological polar surface area (TPSA) is 23.5 Å². The standard InChI is InChI=1S/C14H27NO.3H2/c1-12-7-9-15(10-8-12)14(11-16)13-5-3-2-4-6-13;;;/h12-14,16H,2-11H2,1H3;3*1H/i;3*1+1D. The maximum atomic E-state index is 9.65. The van der Waals surface area contributed by atoms with Gasteiger partial charge in [0.15, 0.2) is 0 Å². The third-order valence-electron chi connectivity index (χ3n) is 4.67. The predicted molar refractivity (Wildman–Crippen MR) is 73.8 cm³/mol. The molecule has 0 radical (unpaired) electrons. The molecular weight excluding hydrogens is 198 g/mol. The summed E-state index contributed by atoms with van der Waals surface area (Å²) >= 11 is 0. The highest BCUT2D eigenvalue weighted by molar-refractivity contribution is 4.83. The molecule has 2 fully saturated rings. The number of nitrogens with zero attached hydrogens (tertiary/aromatic N) is 1. The van der Waals surface area contributed by atoms with Crippen LogP contribution < -0.4 is 0 Å². The zero-order valence-electron chi connectivity index (χ0n) is 16.7. The largest absolute Gasteiger partial charge is 0.395 e. The molecule has 0 spiro atoms. The van der Waals surface area contributed by atoms with Gasteiger partial charge in [0.1, 0.15) is 0 Å². The van der Waals surface area contributed by atoms with Crippen LogP contribution in [0.15, 0.2) is 0 Å². The van der Waals surface area contributed by atoms with Crippen LogP contribution in [-0.4, -0.2) is 35.7 Å². The molecule has 2 aliphatic rings. The molecule has 0 aromatic rings. The molecule has 2 rings (SSSR count). The number of hydrogen-bond donors (Lipinski definition) is 1. The molecule has 1 unspecified atom stereocenters. The molecule has 0 bridgehead atoms. The Morgan fingerprint density at radius 2 is 1.81 bits per heavy atom. The van der Waals surface area contributed by atoms with E-state index in [1.54, 1.807) is 0 Å². The van der Waals surface area contributed by atoms with Crippen LogP contribution >= 0.6 is 0 Å². The second-order valence-electron chi connectivity index (χ2n) is 5.87. The number of hydrogen-bond acceptors (Lipinski definition) is 2. The molecule has 1 saturated heterocycles. The summed E-state index contributed by atoms with van der Waals surface area (Å²) in [5.41, 5.74) is 0. The number of aliphatic hydroxyl groups excluding tert-OH is 1. The van der Waals surface area contributed by atoms with Crippen LogP contribution in [0.4, 0.5) is 0 Å². The van der Waals surface area contributed by atoms with Crippen LogP contribution in [0.25, 0.3) is 0 Å². The van der Waals surface area contributed by atoms with E-state index in [2.05, 4.69) is 11.8 Å². The van der Waals surface area contributed by atoms with Gasteiger partial charge in [-0.05, 0) is 50.6 Å². The van der Waals surface area contributed by atoms with E-state index in [9.17, 15) is 5.11 Å². The lowest BCUT2D eigenvalue weighted by Gasteiger charge is -2.41. The predicted octanol–water partition coefficient (Wildman–Crippen LogP) is 3.40. The van der Waals surface area contributed by atoms with Crippen molar-refractivity contribution >= 4 is 0 Å². The molecule has 1 atom stereocenters. The van der Waals surface area contributed by atoms with Gasteiger partial charge in [-0.15, -0.1) is 0 Å². The molecule has 1 N–H and O–H groups in total. The van der Waals surface area contributed by atoms with Gasteiger partial charge in [-0.25, -0.2) is 0 Å². The lowest BCUT2D eigenvalue weighted by Crippen LogP contribution is -2.47. The molecule has 1 saturated carbocycles. The molecule has 16 heavy (non-hydrogen) atoms. The van der Waals surface area contributed by atoms with Gasteiger partial charge in [0.2, 0.25) is 0 Å². The van der Waals surface area contributed by atoms with Crippen molar-refractivity contribution in [3.8, 4) is 0 Å². The first-order valence-electron chi connectivity index (χ1n) is 10.2. The molecule has 2 nitrogen and oxygen atoms in total. The summed E-state index contributed by atoms with van der Waals surface area (Å²) in [6.45, 7) is 5.15. The van der Waals surface area contributed by atoms with E-state index in [0.717, 1.165) is 11.8 Å². The smallest absolute Gasteiger partial charge is 0.0589 e. The summed E-state index contributed by atoms with van der Waals surface area (Å²) < 4.78 is 30.0. The average Bonchev–Trinajstić information content (AvgIpc) is 2.63. The zero-order chi connectivity index (χ0) is 17.4. The number of likely N-dealkylation sites (tertiary alicyclic amines) is 1. The van der Waals surface area contributed by atoms with Gasteiger partial charge >= 0.3 is 0 Å². The number of piperidine rings is 1. The summed E-state index contributed by atoms with van der Waals surface area (Å²) in [6.07, 6.45) is 9.50. The van der Waals surface area contributed by atoms with Crippen molar-refractivity contribution in [2.24, 2.45) is 11.8 Å². The molecule has 0 aromatic carbocycles. The second kappa shape index (κ2) is 6.02. The minimum absolute atomic E-state index is 0.374. The van der Waals surface area contributed by atoms with Crippen LogP contribution in [-0.2, 0) is 0 Å². The molecule has 1 aliphatic carbocycles. The van der Waals surface area contributed by atoms with Crippen molar-refractivity contribution in [1.82, 2.24) is 4.90 Å². The van der Waals surface area contributed by atoms with E-state index < -0.39 is 0 Å². The van der Waals surface area contributed by atoms with Gasteiger partial charge in [-0.1, -0.05) is 26.2 Å². The Bertz CT molecular complexity index is 212. The van der Waals surface area contributed by atoms with Crippen molar-refractivity contribution in [2.45, 2.75) is 57.9 Å². The molecular formula is C14H33NO. The van der Waals surface area contributed by atoms with Crippen LogP contribution in [0.2, 0.25) is 0 Å². The van der Waals surface area contributed by atoms with Gasteiger partial charge in [-0.2, -0.15) is 0 Å². The lowest BCUT2D eigenvalue weighted by atomic mass is 9.82. The van der Waals surface area contributed by atoms with E-state index >= 15 is 0 Å². The molecule has 0 amide bonds. The Labute approximate surface area is 109 Å². The Morgan fingerprint density at radius 3 is 2.38 bits per heavy atom. The summed E-state index contributed by atoms with van der Waals surface area (Å²) in [6, 6.07) is 0.466. The maximum Gasteiger partial charge on any atom is 0.0589 e. The normalized spacial score (nSPS) is 29.6. The van der Waals surface area contributed by atoms with E-state index in [0.29, 0.717) is 12.6 Å². The lowest BCUT2D eigenvalue weighted by molar-refractivity contribution is 0.0418. The quantitative estimate of drug-likeness (QED) is 0.813. The maximum absolute atomic E-state index is 9.65. The van der Waals surface area contributed by atoms with Crippen molar-refractivity contribution < 1.29 is 14.0 Å². The van der Waals surface area contributed by atoms with Gasteiger partial charge in [-0.3, -0.25) is 4.90 Å². The number of rotatable bonds is 3. The Kier molecular flexibility index (Phi) is 3.36. The second-order valence-corrected chi connectivity index (χ2v) is 5.87. The zero-order valence-corrected chi connectivity index (χ0v) is 10.7. The van der Waals surface area contributed by atoms with Gasteiger partial charge < -0.3 is 5.11 Å². The van der Waals surface area contributed by atoms with Crippen LogP contribution in [0, 0.1) is 11.8 Å². The van der Waals surface area contributed by atoms with Crippen molar-refractivity contribution in [1.29, 1.82) is 0 Å². The first-order chi connectivity index (χ1) is 10.8. The molecule has 100 valence electrons. The fraction of sp³-hybridized carbons (Fsp3) is 1.00. The minimum Gasteiger partial charge on any atom is -0.395 e. The number of aliphatic hydroxyl groups is 1. The van der Waals surface area contributed by atoms with E-state index in [1.807, 2.05) is 0 Å². The fourth-order valence-electron chi connectivity index (χ4n) is 3.44. The average molecular weight is 237 g/mol. The third kappa shape index (κ3) is 2.98. The summed E-state index contributed by atoms with van der Waals surface area (Å²) in [5, 5.41) is 9.65. The van der Waals surface area contributed by atoms with Crippen molar-refractivity contribution in [2.75, 3.05) is 19.7 Å². The molecule has 2 heteroatoms. The summed E-state index contributed by atoms with van der Waals surface area (Å²) in [4.78, 5) is 2.57. The first kappa shape index (κ1) is 8.93. The highest BCUT2D eigenvalue weighted by Gasteiger charge is 2.29. The van der Waals surface area contributed by atoms with Crippen molar-refractivity contribution in [3.63, 3.8) is 0 Å². The monoisotopic (exact) mass is 237 g/mol. The van der Waals surface area contributed by atoms with Crippen LogP contribution in [0.5, 0.6) is 0 Å². The SMILES string of the molecule is CC1CCN(C(CO)C2CCCCC2)CC1.[2H][2H].[2H][2H].[2H][2H]. The Morgan fingerprint density at radius 1 is 1.19 bits per heavy atom. The van der Waals surface area contributed by atoms with Crippen LogP contribution in [0.1, 0.15) is 60.8 Å². The highest BCUT2D eigenvalue weighted by atomic mass is 16.3. The highest BCUT2D eigenvalue weighted by Crippen LogP contribution is 2.30. The molecule has 1 aliphatic heterocycles. The summed E-state index contributed by atoms with van der Waals surface area (Å²) in [7, 11) is 0. The van der Waals surface area contributed by atoms with Crippen molar-refractivity contribution in [3.05, 3.63) is 0 Å². The third-order valence-corrected chi connectivity index (χ3v) is 4.67.